The van der Waals surface area contributed by atoms with E-state index in [0.29, 0.717) is 19.4 Å². The standard InChI is InChI=1S/C23H35N3O4/c1-4-23(19-11-14-25(15-12-19)13-9-17(2)27)21(28)26(22(29)24-23)16-10-18-5-7-20(30-3)8-6-18/h5-8,17,19,27H,4,9-16H2,1-3H3,(H,24,29)/t17-,23+/m1/s1. The minimum atomic E-state index is -0.784. The monoisotopic (exact) mass is 417 g/mol. The first kappa shape index (κ1) is 22.6. The number of amides is 3. The quantitative estimate of drug-likeness (QED) is 0.603. The predicted octanol–water partition coefficient (Wildman–Crippen LogP) is 2.42. The summed E-state index contributed by atoms with van der Waals surface area (Å²) < 4.78 is 5.18. The molecule has 0 bridgehead atoms. The summed E-state index contributed by atoms with van der Waals surface area (Å²) in [6.07, 6.45) is 3.46. The minimum Gasteiger partial charge on any atom is -0.497 e. The van der Waals surface area contributed by atoms with Crippen LogP contribution in [0.4, 0.5) is 4.79 Å². The van der Waals surface area contributed by atoms with E-state index in [1.165, 1.54) is 4.90 Å². The number of hydrogen-bond donors (Lipinski definition) is 2. The van der Waals surface area contributed by atoms with Gasteiger partial charge in [-0.25, -0.2) is 4.79 Å². The van der Waals surface area contributed by atoms with E-state index in [-0.39, 0.29) is 24.0 Å². The molecule has 1 aromatic carbocycles. The van der Waals surface area contributed by atoms with Gasteiger partial charge in [-0.1, -0.05) is 19.1 Å². The highest BCUT2D eigenvalue weighted by Crippen LogP contribution is 2.36. The van der Waals surface area contributed by atoms with Gasteiger partial charge in [0.15, 0.2) is 0 Å². The normalized spacial score (nSPS) is 24.2. The smallest absolute Gasteiger partial charge is 0.325 e. The van der Waals surface area contributed by atoms with E-state index in [0.717, 1.165) is 50.2 Å². The number of carbonyl (C=O) groups excluding carboxylic acids is 2. The Morgan fingerprint density at radius 2 is 1.87 bits per heavy atom. The zero-order chi connectivity index (χ0) is 21.7. The van der Waals surface area contributed by atoms with Crippen molar-refractivity contribution < 1.29 is 19.4 Å². The van der Waals surface area contributed by atoms with Gasteiger partial charge in [0, 0.05) is 13.1 Å². The van der Waals surface area contributed by atoms with Crippen LogP contribution in [-0.4, -0.2) is 71.8 Å². The van der Waals surface area contributed by atoms with Crippen LogP contribution in [0.5, 0.6) is 5.75 Å². The Morgan fingerprint density at radius 3 is 2.43 bits per heavy atom. The van der Waals surface area contributed by atoms with Crippen molar-refractivity contribution in [3.05, 3.63) is 29.8 Å². The van der Waals surface area contributed by atoms with Crippen molar-refractivity contribution >= 4 is 11.9 Å². The number of nitrogens with one attached hydrogen (secondary N) is 1. The lowest BCUT2D eigenvalue weighted by Gasteiger charge is -2.40. The average molecular weight is 418 g/mol. The number of aliphatic hydroxyl groups excluding tert-OH is 1. The lowest BCUT2D eigenvalue weighted by molar-refractivity contribution is -0.134. The van der Waals surface area contributed by atoms with Crippen LogP contribution >= 0.6 is 0 Å². The molecule has 1 aromatic rings. The maximum Gasteiger partial charge on any atom is 0.325 e. The van der Waals surface area contributed by atoms with Gasteiger partial charge in [0.2, 0.25) is 0 Å². The van der Waals surface area contributed by atoms with Gasteiger partial charge in [-0.05, 0) is 75.7 Å². The molecule has 0 aliphatic carbocycles. The van der Waals surface area contributed by atoms with Crippen molar-refractivity contribution in [2.45, 2.75) is 57.6 Å². The number of ether oxygens (including phenoxy) is 1. The van der Waals surface area contributed by atoms with Crippen LogP contribution in [0.3, 0.4) is 0 Å². The number of carbonyl (C=O) groups is 2. The van der Waals surface area contributed by atoms with Gasteiger partial charge < -0.3 is 20.1 Å². The van der Waals surface area contributed by atoms with E-state index >= 15 is 0 Å². The molecule has 2 aliphatic heterocycles. The van der Waals surface area contributed by atoms with E-state index in [1.54, 1.807) is 7.11 Å². The Labute approximate surface area is 179 Å². The summed E-state index contributed by atoms with van der Waals surface area (Å²) in [7, 11) is 1.63. The fourth-order valence-corrected chi connectivity index (χ4v) is 4.70. The zero-order valence-electron chi connectivity index (χ0n) is 18.4. The fourth-order valence-electron chi connectivity index (χ4n) is 4.70. The number of imide groups is 1. The molecule has 0 spiro atoms. The Morgan fingerprint density at radius 1 is 1.20 bits per heavy atom. The topological polar surface area (TPSA) is 82.1 Å². The van der Waals surface area contributed by atoms with Crippen LogP contribution in [-0.2, 0) is 11.2 Å². The molecule has 2 aliphatic rings. The molecule has 2 N–H and O–H groups in total. The third-order valence-corrected chi connectivity index (χ3v) is 6.69. The lowest BCUT2D eigenvalue weighted by atomic mass is 9.75. The first-order valence-corrected chi connectivity index (χ1v) is 11.1. The van der Waals surface area contributed by atoms with Crippen LogP contribution in [0.15, 0.2) is 24.3 Å². The summed E-state index contributed by atoms with van der Waals surface area (Å²) in [5.41, 5.74) is 0.282. The van der Waals surface area contributed by atoms with Gasteiger partial charge in [-0.2, -0.15) is 0 Å². The summed E-state index contributed by atoms with van der Waals surface area (Å²) in [5.74, 6) is 0.859. The average Bonchev–Trinajstić information content (AvgIpc) is 3.01. The highest BCUT2D eigenvalue weighted by atomic mass is 16.5. The Bertz CT molecular complexity index is 728. The first-order valence-electron chi connectivity index (χ1n) is 11.1. The molecule has 0 radical (unpaired) electrons. The van der Waals surface area contributed by atoms with Crippen LogP contribution in [0.1, 0.15) is 45.1 Å². The second-order valence-electron chi connectivity index (χ2n) is 8.56. The fraction of sp³-hybridized carbons (Fsp3) is 0.652. The van der Waals surface area contributed by atoms with Crippen molar-refractivity contribution in [2.75, 3.05) is 33.3 Å². The molecule has 0 aromatic heterocycles. The molecule has 3 rings (SSSR count). The molecule has 7 heteroatoms. The largest absolute Gasteiger partial charge is 0.497 e. The number of methoxy groups -OCH3 is 1. The van der Waals surface area contributed by atoms with Gasteiger partial charge in [-0.15, -0.1) is 0 Å². The van der Waals surface area contributed by atoms with Gasteiger partial charge in [0.05, 0.1) is 13.2 Å². The number of nitrogens with zero attached hydrogens (tertiary/aromatic N) is 2. The number of likely N-dealkylation sites (tertiary alicyclic amines) is 1. The second kappa shape index (κ2) is 9.79. The Balaban J connectivity index is 1.60. The molecule has 3 amide bonds. The summed E-state index contributed by atoms with van der Waals surface area (Å²) in [5, 5.41) is 12.6. The highest BCUT2D eigenvalue weighted by Gasteiger charge is 2.54. The van der Waals surface area contributed by atoms with Crippen molar-refractivity contribution in [3.63, 3.8) is 0 Å². The van der Waals surface area contributed by atoms with Crippen molar-refractivity contribution in [2.24, 2.45) is 5.92 Å². The second-order valence-corrected chi connectivity index (χ2v) is 8.56. The molecule has 7 nitrogen and oxygen atoms in total. The summed E-state index contributed by atoms with van der Waals surface area (Å²) in [4.78, 5) is 29.8. The molecule has 166 valence electrons. The number of urea groups is 1. The third kappa shape index (κ3) is 4.78. The van der Waals surface area contributed by atoms with E-state index in [9.17, 15) is 14.7 Å². The van der Waals surface area contributed by atoms with E-state index in [4.69, 9.17) is 4.74 Å². The zero-order valence-corrected chi connectivity index (χ0v) is 18.4. The highest BCUT2D eigenvalue weighted by molar-refractivity contribution is 6.07. The van der Waals surface area contributed by atoms with E-state index < -0.39 is 5.54 Å². The molecule has 2 fully saturated rings. The van der Waals surface area contributed by atoms with Crippen molar-refractivity contribution in [1.29, 1.82) is 0 Å². The van der Waals surface area contributed by atoms with Gasteiger partial charge in [0.25, 0.3) is 5.91 Å². The molecule has 2 atom stereocenters. The van der Waals surface area contributed by atoms with Crippen molar-refractivity contribution in [3.8, 4) is 5.75 Å². The maximum atomic E-state index is 13.4. The number of aliphatic hydroxyl groups is 1. The van der Waals surface area contributed by atoms with Crippen molar-refractivity contribution in [1.82, 2.24) is 15.1 Å². The minimum absolute atomic E-state index is 0.0778. The van der Waals surface area contributed by atoms with Gasteiger partial charge >= 0.3 is 6.03 Å². The third-order valence-electron chi connectivity index (χ3n) is 6.69. The maximum absolute atomic E-state index is 13.4. The lowest BCUT2D eigenvalue weighted by Crippen LogP contribution is -2.55. The summed E-state index contributed by atoms with van der Waals surface area (Å²) in [6, 6.07) is 7.44. The van der Waals surface area contributed by atoms with E-state index in [1.807, 2.05) is 38.1 Å². The van der Waals surface area contributed by atoms with Crippen LogP contribution in [0.2, 0.25) is 0 Å². The Hall–Kier alpha value is -2.12. The summed E-state index contributed by atoms with van der Waals surface area (Å²) in [6.45, 7) is 6.85. The first-order chi connectivity index (χ1) is 14.4. The summed E-state index contributed by atoms with van der Waals surface area (Å²) >= 11 is 0. The SMILES string of the molecule is CC[C@@]1(C2CCN(CC[C@@H](C)O)CC2)NC(=O)N(CCc2ccc(OC)cc2)C1=O. The molecular formula is C23H35N3O4. The van der Waals surface area contributed by atoms with Crippen LogP contribution in [0.25, 0.3) is 0 Å². The van der Waals surface area contributed by atoms with Gasteiger partial charge in [-0.3, -0.25) is 9.69 Å². The van der Waals surface area contributed by atoms with Gasteiger partial charge in [0.1, 0.15) is 11.3 Å². The number of piperidine rings is 1. The van der Waals surface area contributed by atoms with Crippen LogP contribution < -0.4 is 10.1 Å². The molecule has 2 heterocycles. The molecule has 0 unspecified atom stereocenters. The number of benzene rings is 1. The number of hydrogen-bond acceptors (Lipinski definition) is 5. The molecule has 30 heavy (non-hydrogen) atoms. The molecule has 2 saturated heterocycles. The molecule has 0 saturated carbocycles. The predicted molar refractivity (Wildman–Crippen MR) is 115 cm³/mol. The van der Waals surface area contributed by atoms with Crippen LogP contribution in [0, 0.1) is 5.92 Å². The Kier molecular flexibility index (Phi) is 7.36. The molecular weight excluding hydrogens is 382 g/mol. The van der Waals surface area contributed by atoms with E-state index in [2.05, 4.69) is 10.2 Å². The number of rotatable bonds is 9.